The van der Waals surface area contributed by atoms with Gasteiger partial charge in [-0.15, -0.1) is 0 Å². The van der Waals surface area contributed by atoms with Crippen LogP contribution < -0.4 is 4.74 Å². The second-order valence-electron chi connectivity index (χ2n) is 4.79. The Balaban J connectivity index is 2.79. The van der Waals surface area contributed by atoms with Crippen LogP contribution in [0.15, 0.2) is 18.2 Å². The first-order valence-corrected chi connectivity index (χ1v) is 9.59. The molecule has 0 aromatic heterocycles. The summed E-state index contributed by atoms with van der Waals surface area (Å²) in [5, 5.41) is 0. The van der Waals surface area contributed by atoms with Crippen LogP contribution in [-0.2, 0) is 19.7 Å². The Kier molecular flexibility index (Phi) is 7.96. The Morgan fingerprint density at radius 3 is 2.00 bits per heavy atom. The first kappa shape index (κ1) is 18.2. The highest BCUT2D eigenvalue weighted by Crippen LogP contribution is 2.23. The zero-order chi connectivity index (χ0) is 15.7. The third-order valence-electron chi connectivity index (χ3n) is 3.29. The molecule has 1 rings (SSSR count). The van der Waals surface area contributed by atoms with E-state index in [9.17, 15) is 0 Å². The van der Waals surface area contributed by atoms with E-state index in [0.717, 1.165) is 23.8 Å². The second kappa shape index (κ2) is 9.20. The van der Waals surface area contributed by atoms with Crippen LogP contribution >= 0.6 is 0 Å². The van der Waals surface area contributed by atoms with Crippen molar-refractivity contribution in [2.45, 2.75) is 40.2 Å². The lowest BCUT2D eigenvalue weighted by atomic mass is 10.1. The van der Waals surface area contributed by atoms with Crippen molar-refractivity contribution < 1.29 is 18.0 Å². The Labute approximate surface area is 129 Å². The SMILES string of the molecule is CCO[Si](CCc1ccc(C)c(OC)c1)(OCC)OCC. The minimum absolute atomic E-state index is 0.615. The van der Waals surface area contributed by atoms with Crippen LogP contribution in [0.1, 0.15) is 31.9 Å². The average Bonchev–Trinajstić information content (AvgIpc) is 2.47. The quantitative estimate of drug-likeness (QED) is 0.619. The predicted octanol–water partition coefficient (Wildman–Crippen LogP) is 3.59. The molecule has 0 atom stereocenters. The summed E-state index contributed by atoms with van der Waals surface area (Å²) in [6.45, 7) is 9.83. The van der Waals surface area contributed by atoms with Gasteiger partial charge in [0.1, 0.15) is 5.75 Å². The molecule has 0 amide bonds. The van der Waals surface area contributed by atoms with Crippen molar-refractivity contribution in [3.05, 3.63) is 29.3 Å². The van der Waals surface area contributed by atoms with Crippen LogP contribution in [0.2, 0.25) is 6.04 Å². The second-order valence-corrected chi connectivity index (χ2v) is 7.52. The molecule has 0 aliphatic heterocycles. The largest absolute Gasteiger partial charge is 0.501 e. The Morgan fingerprint density at radius 2 is 1.52 bits per heavy atom. The van der Waals surface area contributed by atoms with E-state index < -0.39 is 8.80 Å². The maximum atomic E-state index is 5.88. The van der Waals surface area contributed by atoms with Crippen molar-refractivity contribution in [2.24, 2.45) is 0 Å². The number of hydrogen-bond acceptors (Lipinski definition) is 4. The van der Waals surface area contributed by atoms with E-state index in [0.29, 0.717) is 19.8 Å². The van der Waals surface area contributed by atoms with Crippen molar-refractivity contribution in [1.29, 1.82) is 0 Å². The fourth-order valence-corrected chi connectivity index (χ4v) is 4.92. The van der Waals surface area contributed by atoms with E-state index in [1.165, 1.54) is 5.56 Å². The molecule has 5 heteroatoms. The molecule has 0 radical (unpaired) electrons. The fourth-order valence-electron chi connectivity index (χ4n) is 2.32. The number of hydrogen-bond donors (Lipinski definition) is 0. The molecular weight excluding hydrogens is 284 g/mol. The van der Waals surface area contributed by atoms with E-state index in [2.05, 4.69) is 18.2 Å². The van der Waals surface area contributed by atoms with Gasteiger partial charge >= 0.3 is 8.80 Å². The van der Waals surface area contributed by atoms with Crippen LogP contribution in [0.25, 0.3) is 0 Å². The normalized spacial score (nSPS) is 11.7. The van der Waals surface area contributed by atoms with Crippen LogP contribution in [0.3, 0.4) is 0 Å². The van der Waals surface area contributed by atoms with Gasteiger partial charge in [0.2, 0.25) is 0 Å². The summed E-state index contributed by atoms with van der Waals surface area (Å²) in [7, 11) is -0.860. The maximum Gasteiger partial charge on any atom is 0.501 e. The van der Waals surface area contributed by atoms with Gasteiger partial charge in [0.05, 0.1) is 7.11 Å². The third kappa shape index (κ3) is 5.43. The average molecular weight is 312 g/mol. The molecule has 4 nitrogen and oxygen atoms in total. The molecular formula is C16H28O4Si. The van der Waals surface area contributed by atoms with Crippen LogP contribution in [0.5, 0.6) is 5.75 Å². The lowest BCUT2D eigenvalue weighted by molar-refractivity contribution is 0.0714. The molecule has 0 saturated heterocycles. The van der Waals surface area contributed by atoms with Crippen molar-refractivity contribution in [3.63, 3.8) is 0 Å². The van der Waals surface area contributed by atoms with Gasteiger partial charge in [0, 0.05) is 25.9 Å². The Bertz CT molecular complexity index is 406. The minimum Gasteiger partial charge on any atom is -0.496 e. The molecule has 0 aliphatic rings. The Morgan fingerprint density at radius 1 is 0.952 bits per heavy atom. The molecule has 0 heterocycles. The van der Waals surface area contributed by atoms with Crippen molar-refractivity contribution in [2.75, 3.05) is 26.9 Å². The maximum absolute atomic E-state index is 5.88. The van der Waals surface area contributed by atoms with E-state index in [1.807, 2.05) is 27.7 Å². The van der Waals surface area contributed by atoms with Crippen molar-refractivity contribution in [1.82, 2.24) is 0 Å². The molecule has 0 fully saturated rings. The first-order valence-electron chi connectivity index (χ1n) is 7.66. The summed E-state index contributed by atoms with van der Waals surface area (Å²) in [5.41, 5.74) is 2.36. The van der Waals surface area contributed by atoms with Gasteiger partial charge in [-0.3, -0.25) is 0 Å². The highest BCUT2D eigenvalue weighted by atomic mass is 28.4. The van der Waals surface area contributed by atoms with Gasteiger partial charge in [-0.05, 0) is 51.3 Å². The number of benzene rings is 1. The van der Waals surface area contributed by atoms with Gasteiger partial charge in [-0.2, -0.15) is 0 Å². The summed E-state index contributed by atoms with van der Waals surface area (Å²) < 4.78 is 23.0. The number of methoxy groups -OCH3 is 1. The smallest absolute Gasteiger partial charge is 0.496 e. The van der Waals surface area contributed by atoms with Gasteiger partial charge in [-0.25, -0.2) is 0 Å². The topological polar surface area (TPSA) is 36.9 Å². The Hall–Kier alpha value is -0.883. The molecule has 0 aliphatic carbocycles. The standard InChI is InChI=1S/C16H28O4Si/c1-6-18-21(19-7-2,20-8-3)12-11-15-10-9-14(4)16(13-15)17-5/h9-10,13H,6-8,11-12H2,1-5H3. The number of aryl methyl sites for hydroxylation is 2. The molecule has 0 unspecified atom stereocenters. The van der Waals surface area contributed by atoms with Gasteiger partial charge < -0.3 is 18.0 Å². The van der Waals surface area contributed by atoms with Crippen LogP contribution in [0.4, 0.5) is 0 Å². The lowest BCUT2D eigenvalue weighted by Crippen LogP contribution is -2.46. The van der Waals surface area contributed by atoms with E-state index in [1.54, 1.807) is 7.11 Å². The number of ether oxygens (including phenoxy) is 1. The summed E-state index contributed by atoms with van der Waals surface area (Å²) in [5.74, 6) is 0.920. The molecule has 1 aromatic carbocycles. The first-order chi connectivity index (χ1) is 10.1. The fraction of sp³-hybridized carbons (Fsp3) is 0.625. The summed E-state index contributed by atoms with van der Waals surface area (Å²) >= 11 is 0. The zero-order valence-corrected chi connectivity index (χ0v) is 14.9. The van der Waals surface area contributed by atoms with E-state index >= 15 is 0 Å². The van der Waals surface area contributed by atoms with Crippen molar-refractivity contribution in [3.8, 4) is 5.75 Å². The van der Waals surface area contributed by atoms with Crippen LogP contribution in [-0.4, -0.2) is 35.7 Å². The summed E-state index contributed by atoms with van der Waals surface area (Å²) in [4.78, 5) is 0. The van der Waals surface area contributed by atoms with Gasteiger partial charge in [0.25, 0.3) is 0 Å². The summed E-state index contributed by atoms with van der Waals surface area (Å²) in [6.07, 6.45) is 0.864. The van der Waals surface area contributed by atoms with E-state index in [-0.39, 0.29) is 0 Å². The predicted molar refractivity (Wildman–Crippen MR) is 86.9 cm³/mol. The highest BCUT2D eigenvalue weighted by molar-refractivity contribution is 6.60. The molecule has 120 valence electrons. The lowest BCUT2D eigenvalue weighted by Gasteiger charge is -2.28. The molecule has 0 saturated carbocycles. The van der Waals surface area contributed by atoms with Gasteiger partial charge in [0.15, 0.2) is 0 Å². The molecule has 21 heavy (non-hydrogen) atoms. The number of rotatable bonds is 10. The molecule has 0 N–H and O–H groups in total. The highest BCUT2D eigenvalue weighted by Gasteiger charge is 2.39. The monoisotopic (exact) mass is 312 g/mol. The van der Waals surface area contributed by atoms with Gasteiger partial charge in [-0.1, -0.05) is 12.1 Å². The molecule has 0 bridgehead atoms. The zero-order valence-electron chi connectivity index (χ0n) is 13.9. The third-order valence-corrected chi connectivity index (χ3v) is 6.33. The summed E-state index contributed by atoms with van der Waals surface area (Å²) in [6, 6.07) is 7.08. The van der Waals surface area contributed by atoms with Crippen LogP contribution in [0, 0.1) is 6.92 Å². The van der Waals surface area contributed by atoms with E-state index in [4.69, 9.17) is 18.0 Å². The molecule has 1 aromatic rings. The van der Waals surface area contributed by atoms with Crippen molar-refractivity contribution >= 4 is 8.80 Å². The minimum atomic E-state index is -2.56. The molecule has 0 spiro atoms.